The number of nitrogens with zero attached hydrogens (tertiary/aromatic N) is 3. The van der Waals surface area contributed by atoms with Crippen LogP contribution in [0.2, 0.25) is 0 Å². The van der Waals surface area contributed by atoms with Crippen LogP contribution in [-0.4, -0.2) is 26.2 Å². The van der Waals surface area contributed by atoms with Gasteiger partial charge in [-0.25, -0.2) is 4.98 Å². The van der Waals surface area contributed by atoms with Crippen molar-refractivity contribution >= 4 is 11.8 Å². The summed E-state index contributed by atoms with van der Waals surface area (Å²) < 4.78 is 0. The quantitative estimate of drug-likeness (QED) is 0.789. The van der Waals surface area contributed by atoms with E-state index in [9.17, 15) is 0 Å². The number of nitrogens with two attached hydrogens (primary N) is 1. The van der Waals surface area contributed by atoms with Crippen molar-refractivity contribution in [1.29, 1.82) is 0 Å². The maximum Gasteiger partial charge on any atom is 0.184 e. The van der Waals surface area contributed by atoms with E-state index in [1.807, 2.05) is 12.1 Å². The van der Waals surface area contributed by atoms with E-state index in [-0.39, 0.29) is 11.3 Å². The first-order valence-corrected chi connectivity index (χ1v) is 6.36. The summed E-state index contributed by atoms with van der Waals surface area (Å²) >= 11 is 1.60. The van der Waals surface area contributed by atoms with Crippen LogP contribution in [0, 0.1) is 0 Å². The van der Waals surface area contributed by atoms with Crippen molar-refractivity contribution in [2.45, 2.75) is 29.8 Å². The van der Waals surface area contributed by atoms with Crippen LogP contribution >= 0.6 is 11.8 Å². The number of aromatic amines is 1. The number of hydrogen-bond acceptors (Lipinski definition) is 5. The summed E-state index contributed by atoms with van der Waals surface area (Å²) in [6.07, 6.45) is 5.98. The predicted octanol–water partition coefficient (Wildman–Crippen LogP) is 1.77. The summed E-state index contributed by atoms with van der Waals surface area (Å²) in [6, 6.07) is 4.06. The first-order chi connectivity index (χ1) is 8.31. The average Bonchev–Trinajstić information content (AvgIpc) is 2.89. The molecule has 6 heteroatoms. The van der Waals surface area contributed by atoms with Gasteiger partial charge in [0.05, 0.1) is 5.25 Å². The van der Waals surface area contributed by atoms with Crippen molar-refractivity contribution < 1.29 is 0 Å². The number of H-pyrrole nitrogens is 1. The Balaban J connectivity index is 2.20. The zero-order chi connectivity index (χ0) is 12.1. The molecule has 2 aromatic rings. The Labute approximate surface area is 104 Å². The van der Waals surface area contributed by atoms with Gasteiger partial charge in [0.15, 0.2) is 5.16 Å². The fourth-order valence-electron chi connectivity index (χ4n) is 1.54. The standard InChI is InChI=1S/C11H15N5S/c1-2-9(12)10(8-3-5-13-6-4-8)17-11-14-7-15-16-11/h3-7,9-10H,2,12H2,1H3,(H,14,15,16). The Morgan fingerprint density at radius 2 is 2.18 bits per heavy atom. The SMILES string of the molecule is CCC(N)C(Sc1ncn[nH]1)c1ccncc1. The van der Waals surface area contributed by atoms with Crippen LogP contribution in [0.3, 0.4) is 0 Å². The highest BCUT2D eigenvalue weighted by Crippen LogP contribution is 2.35. The summed E-state index contributed by atoms with van der Waals surface area (Å²) in [4.78, 5) is 8.15. The highest BCUT2D eigenvalue weighted by atomic mass is 32.2. The minimum Gasteiger partial charge on any atom is -0.326 e. The second kappa shape index (κ2) is 5.79. The Hall–Kier alpha value is -1.40. The maximum atomic E-state index is 6.16. The van der Waals surface area contributed by atoms with Gasteiger partial charge in [-0.2, -0.15) is 5.10 Å². The van der Waals surface area contributed by atoms with Gasteiger partial charge in [-0.3, -0.25) is 10.1 Å². The molecule has 0 aliphatic rings. The fourth-order valence-corrected chi connectivity index (χ4v) is 2.66. The third-order valence-corrected chi connectivity index (χ3v) is 3.82. The summed E-state index contributed by atoms with van der Waals surface area (Å²) in [5.41, 5.74) is 7.33. The molecule has 17 heavy (non-hydrogen) atoms. The number of thioether (sulfide) groups is 1. The maximum absolute atomic E-state index is 6.16. The molecule has 2 unspecified atom stereocenters. The van der Waals surface area contributed by atoms with Crippen LogP contribution in [0.4, 0.5) is 0 Å². The molecule has 90 valence electrons. The predicted molar refractivity (Wildman–Crippen MR) is 67.5 cm³/mol. The van der Waals surface area contributed by atoms with Crippen molar-refractivity contribution in [3.8, 4) is 0 Å². The van der Waals surface area contributed by atoms with Crippen LogP contribution in [-0.2, 0) is 0 Å². The normalized spacial score (nSPS) is 14.5. The molecule has 0 spiro atoms. The summed E-state index contributed by atoms with van der Waals surface area (Å²) in [5.74, 6) is 0. The van der Waals surface area contributed by atoms with Gasteiger partial charge in [0.2, 0.25) is 0 Å². The molecular formula is C11H15N5S. The number of pyridine rings is 1. The Morgan fingerprint density at radius 3 is 2.76 bits per heavy atom. The smallest absolute Gasteiger partial charge is 0.184 e. The van der Waals surface area contributed by atoms with Crippen molar-refractivity contribution in [3.05, 3.63) is 36.4 Å². The molecule has 5 nitrogen and oxygen atoms in total. The molecule has 2 atom stereocenters. The molecule has 0 aliphatic heterocycles. The minimum atomic E-state index is 0.0764. The monoisotopic (exact) mass is 249 g/mol. The van der Waals surface area contributed by atoms with Crippen molar-refractivity contribution in [3.63, 3.8) is 0 Å². The molecule has 0 radical (unpaired) electrons. The van der Waals surface area contributed by atoms with Crippen molar-refractivity contribution in [2.24, 2.45) is 5.73 Å². The highest BCUT2D eigenvalue weighted by molar-refractivity contribution is 7.99. The molecule has 2 aromatic heterocycles. The van der Waals surface area contributed by atoms with Crippen LogP contribution < -0.4 is 5.73 Å². The van der Waals surface area contributed by atoms with Crippen LogP contribution in [0.25, 0.3) is 0 Å². The first kappa shape index (κ1) is 12.1. The van der Waals surface area contributed by atoms with Gasteiger partial charge < -0.3 is 5.73 Å². The van der Waals surface area contributed by atoms with E-state index in [2.05, 4.69) is 27.1 Å². The third kappa shape index (κ3) is 3.04. The molecule has 0 fully saturated rings. The summed E-state index contributed by atoms with van der Waals surface area (Å²) in [5, 5.41) is 7.64. The van der Waals surface area contributed by atoms with Crippen LogP contribution in [0.5, 0.6) is 0 Å². The molecule has 2 heterocycles. The van der Waals surface area contributed by atoms with Gasteiger partial charge in [0.25, 0.3) is 0 Å². The molecule has 0 amide bonds. The van der Waals surface area contributed by atoms with E-state index >= 15 is 0 Å². The summed E-state index contributed by atoms with van der Waals surface area (Å²) in [7, 11) is 0. The number of rotatable bonds is 5. The van der Waals surface area contributed by atoms with Crippen LogP contribution in [0.1, 0.15) is 24.2 Å². The van der Waals surface area contributed by atoms with Gasteiger partial charge in [0, 0.05) is 18.4 Å². The molecule has 2 rings (SSSR count). The topological polar surface area (TPSA) is 80.5 Å². The summed E-state index contributed by atoms with van der Waals surface area (Å²) in [6.45, 7) is 2.08. The van der Waals surface area contributed by atoms with E-state index in [0.29, 0.717) is 0 Å². The van der Waals surface area contributed by atoms with Crippen molar-refractivity contribution in [1.82, 2.24) is 20.2 Å². The first-order valence-electron chi connectivity index (χ1n) is 5.48. The third-order valence-electron chi connectivity index (χ3n) is 2.53. The second-order valence-electron chi connectivity index (χ2n) is 3.68. The molecule has 0 bridgehead atoms. The zero-order valence-corrected chi connectivity index (χ0v) is 10.4. The molecule has 0 saturated heterocycles. The zero-order valence-electron chi connectivity index (χ0n) is 9.58. The van der Waals surface area contributed by atoms with Crippen LogP contribution in [0.15, 0.2) is 36.0 Å². The molecule has 0 aromatic carbocycles. The van der Waals surface area contributed by atoms with Gasteiger partial charge >= 0.3 is 0 Å². The lowest BCUT2D eigenvalue weighted by Gasteiger charge is -2.21. The highest BCUT2D eigenvalue weighted by Gasteiger charge is 2.20. The fraction of sp³-hybridized carbons (Fsp3) is 0.364. The Bertz CT molecular complexity index is 430. The molecule has 0 aliphatic carbocycles. The molecule has 3 N–H and O–H groups in total. The van der Waals surface area contributed by atoms with E-state index in [1.54, 1.807) is 24.2 Å². The van der Waals surface area contributed by atoms with Gasteiger partial charge in [-0.05, 0) is 24.1 Å². The Kier molecular flexibility index (Phi) is 4.11. The van der Waals surface area contributed by atoms with E-state index in [0.717, 1.165) is 17.1 Å². The van der Waals surface area contributed by atoms with Gasteiger partial charge in [-0.1, -0.05) is 18.7 Å². The average molecular weight is 249 g/mol. The largest absolute Gasteiger partial charge is 0.326 e. The minimum absolute atomic E-state index is 0.0764. The number of hydrogen-bond donors (Lipinski definition) is 2. The van der Waals surface area contributed by atoms with Crippen molar-refractivity contribution in [2.75, 3.05) is 0 Å². The molecule has 0 saturated carbocycles. The van der Waals surface area contributed by atoms with E-state index < -0.39 is 0 Å². The number of nitrogens with one attached hydrogen (secondary N) is 1. The molecular weight excluding hydrogens is 234 g/mol. The lowest BCUT2D eigenvalue weighted by Crippen LogP contribution is -2.25. The second-order valence-corrected chi connectivity index (χ2v) is 4.81. The lowest BCUT2D eigenvalue weighted by atomic mass is 10.1. The van der Waals surface area contributed by atoms with E-state index in [4.69, 9.17) is 5.73 Å². The van der Waals surface area contributed by atoms with Gasteiger partial charge in [0.1, 0.15) is 6.33 Å². The lowest BCUT2D eigenvalue weighted by molar-refractivity contribution is 0.632. The number of aromatic nitrogens is 4. The van der Waals surface area contributed by atoms with E-state index in [1.165, 1.54) is 6.33 Å². The van der Waals surface area contributed by atoms with Gasteiger partial charge in [-0.15, -0.1) is 0 Å². The Morgan fingerprint density at radius 1 is 1.41 bits per heavy atom.